The van der Waals surface area contributed by atoms with E-state index in [1.807, 2.05) is 0 Å². The van der Waals surface area contributed by atoms with Crippen LogP contribution in [-0.2, 0) is 14.3 Å². The van der Waals surface area contributed by atoms with Crippen LogP contribution in [-0.4, -0.2) is 41.3 Å². The maximum Gasteiger partial charge on any atom is 0.411 e. The first kappa shape index (κ1) is 24.2. The van der Waals surface area contributed by atoms with Crippen molar-refractivity contribution in [1.82, 2.24) is 4.98 Å². The van der Waals surface area contributed by atoms with E-state index < -0.39 is 18.0 Å². The zero-order chi connectivity index (χ0) is 24.1. The van der Waals surface area contributed by atoms with Crippen LogP contribution in [0.4, 0.5) is 10.5 Å². The highest BCUT2D eigenvalue weighted by atomic mass is 35.5. The van der Waals surface area contributed by atoms with Gasteiger partial charge in [-0.15, -0.1) is 0 Å². The van der Waals surface area contributed by atoms with Crippen LogP contribution >= 0.6 is 23.2 Å². The molecular formula is C23H20Cl2N2O6. The Labute approximate surface area is 199 Å². The van der Waals surface area contributed by atoms with Crippen molar-refractivity contribution in [3.8, 4) is 0 Å². The van der Waals surface area contributed by atoms with Crippen molar-refractivity contribution in [1.29, 1.82) is 0 Å². The zero-order valence-corrected chi connectivity index (χ0v) is 19.2. The highest BCUT2D eigenvalue weighted by Crippen LogP contribution is 2.35. The van der Waals surface area contributed by atoms with Crippen LogP contribution < -0.4 is 5.32 Å². The Hall–Kier alpha value is -3.49. The monoisotopic (exact) mass is 490 g/mol. The summed E-state index contributed by atoms with van der Waals surface area (Å²) in [6.07, 6.45) is 0.664. The Morgan fingerprint density at radius 2 is 1.82 bits per heavy atom. The standard InChI is InChI=1S/C23H20Cl2N2O6/c1-3-32-22(30)20-16(19-17(25)9-13(24)10-18(19)27-20)11-15(21(28)29)12-6-5-7-14(8-12)26-23(31)33-4-2/h5-11,27H,3-4H2,1-2H3,(H,26,31)(H,28,29). The summed E-state index contributed by atoms with van der Waals surface area (Å²) >= 11 is 12.5. The summed E-state index contributed by atoms with van der Waals surface area (Å²) in [5.74, 6) is -1.92. The van der Waals surface area contributed by atoms with Gasteiger partial charge in [0.05, 0.1) is 23.8 Å². The first-order chi connectivity index (χ1) is 15.7. The molecule has 0 spiro atoms. The van der Waals surface area contributed by atoms with Crippen molar-refractivity contribution >= 4 is 69.5 Å². The normalized spacial score (nSPS) is 11.3. The lowest BCUT2D eigenvalue weighted by atomic mass is 10.0. The van der Waals surface area contributed by atoms with E-state index >= 15 is 0 Å². The zero-order valence-electron chi connectivity index (χ0n) is 17.7. The van der Waals surface area contributed by atoms with Gasteiger partial charge in [-0.1, -0.05) is 35.3 Å². The molecule has 3 N–H and O–H groups in total. The number of aromatic nitrogens is 1. The van der Waals surface area contributed by atoms with Crippen LogP contribution in [0.15, 0.2) is 36.4 Å². The number of carboxylic acids is 1. The molecule has 0 aliphatic carbocycles. The van der Waals surface area contributed by atoms with Gasteiger partial charge < -0.3 is 19.6 Å². The smallest absolute Gasteiger partial charge is 0.411 e. The van der Waals surface area contributed by atoms with Gasteiger partial charge in [-0.25, -0.2) is 14.4 Å². The number of esters is 1. The molecule has 1 amide bonds. The molecule has 0 bridgehead atoms. The summed E-state index contributed by atoms with van der Waals surface area (Å²) in [7, 11) is 0. The highest BCUT2D eigenvalue weighted by Gasteiger charge is 2.22. The number of ether oxygens (including phenoxy) is 2. The number of fused-ring (bicyclic) bond motifs is 1. The van der Waals surface area contributed by atoms with E-state index in [0.717, 1.165) is 0 Å². The second-order valence-corrected chi connectivity index (χ2v) is 7.58. The van der Waals surface area contributed by atoms with E-state index in [4.69, 9.17) is 32.7 Å². The van der Waals surface area contributed by atoms with Gasteiger partial charge in [-0.05, 0) is 49.8 Å². The average molecular weight is 491 g/mol. The molecule has 0 saturated carbocycles. The largest absolute Gasteiger partial charge is 0.478 e. The Morgan fingerprint density at radius 1 is 1.09 bits per heavy atom. The van der Waals surface area contributed by atoms with Crippen molar-refractivity contribution in [2.45, 2.75) is 13.8 Å². The fourth-order valence-electron chi connectivity index (χ4n) is 3.24. The Balaban J connectivity index is 2.19. The molecule has 1 aromatic heterocycles. The van der Waals surface area contributed by atoms with Crippen LogP contribution in [0.25, 0.3) is 22.6 Å². The molecule has 0 saturated heterocycles. The molecule has 0 aliphatic heterocycles. The summed E-state index contributed by atoms with van der Waals surface area (Å²) in [6.45, 7) is 3.64. The Bertz CT molecular complexity index is 1270. The number of nitrogens with one attached hydrogen (secondary N) is 2. The molecule has 33 heavy (non-hydrogen) atoms. The van der Waals surface area contributed by atoms with E-state index in [2.05, 4.69) is 10.3 Å². The third-order valence-electron chi connectivity index (χ3n) is 4.55. The summed E-state index contributed by atoms with van der Waals surface area (Å²) in [6, 6.07) is 9.29. The summed E-state index contributed by atoms with van der Waals surface area (Å²) in [5.41, 5.74) is 1.21. The number of H-pyrrole nitrogens is 1. The topological polar surface area (TPSA) is 118 Å². The number of halogens is 2. The molecule has 0 unspecified atom stereocenters. The maximum absolute atomic E-state index is 12.6. The molecule has 3 aromatic rings. The fourth-order valence-corrected chi connectivity index (χ4v) is 3.84. The number of benzene rings is 2. The minimum atomic E-state index is -1.25. The van der Waals surface area contributed by atoms with Crippen molar-refractivity contribution < 1.29 is 29.0 Å². The van der Waals surface area contributed by atoms with Crippen LogP contribution in [0.2, 0.25) is 10.0 Å². The molecule has 8 nitrogen and oxygen atoms in total. The predicted octanol–water partition coefficient (Wildman–Crippen LogP) is 5.85. The van der Waals surface area contributed by atoms with Gasteiger partial charge in [0.25, 0.3) is 0 Å². The minimum Gasteiger partial charge on any atom is -0.478 e. The quantitative estimate of drug-likeness (QED) is 0.282. The number of amides is 1. The van der Waals surface area contributed by atoms with E-state index in [1.54, 1.807) is 38.1 Å². The number of anilines is 1. The summed E-state index contributed by atoms with van der Waals surface area (Å²) < 4.78 is 9.97. The molecule has 172 valence electrons. The third-order valence-corrected chi connectivity index (χ3v) is 5.06. The van der Waals surface area contributed by atoms with Crippen molar-refractivity contribution in [3.63, 3.8) is 0 Å². The number of aromatic amines is 1. The van der Waals surface area contributed by atoms with Gasteiger partial charge in [-0.2, -0.15) is 0 Å². The lowest BCUT2D eigenvalue weighted by molar-refractivity contribution is -0.130. The van der Waals surface area contributed by atoms with Gasteiger partial charge in [0.2, 0.25) is 0 Å². The van der Waals surface area contributed by atoms with E-state index in [9.17, 15) is 19.5 Å². The Morgan fingerprint density at radius 3 is 2.48 bits per heavy atom. The molecular weight excluding hydrogens is 471 g/mol. The Kier molecular flexibility index (Phi) is 7.63. The van der Waals surface area contributed by atoms with Crippen molar-refractivity contribution in [2.75, 3.05) is 18.5 Å². The molecule has 0 fully saturated rings. The number of carbonyl (C=O) groups is 3. The minimum absolute atomic E-state index is 0.0376. The predicted molar refractivity (Wildman–Crippen MR) is 127 cm³/mol. The van der Waals surface area contributed by atoms with Crippen LogP contribution in [0.1, 0.15) is 35.5 Å². The SMILES string of the molecule is CCOC(=O)Nc1cccc(C(=Cc2c(C(=O)OCC)[nH]c3cc(Cl)cc(Cl)c23)C(=O)O)c1. The van der Waals surface area contributed by atoms with Gasteiger partial charge in [0.1, 0.15) is 5.69 Å². The average Bonchev–Trinajstić information content (AvgIpc) is 3.10. The number of aliphatic carboxylic acids is 1. The van der Waals surface area contributed by atoms with E-state index in [1.165, 1.54) is 18.2 Å². The molecule has 0 aliphatic rings. The molecule has 3 rings (SSSR count). The number of carbonyl (C=O) groups excluding carboxylic acids is 2. The van der Waals surface area contributed by atoms with Crippen LogP contribution in [0.5, 0.6) is 0 Å². The summed E-state index contributed by atoms with van der Waals surface area (Å²) in [4.78, 5) is 39.4. The first-order valence-corrected chi connectivity index (χ1v) is 10.7. The van der Waals surface area contributed by atoms with Gasteiger partial charge in [0, 0.05) is 27.2 Å². The number of hydrogen-bond acceptors (Lipinski definition) is 5. The van der Waals surface area contributed by atoms with E-state index in [0.29, 0.717) is 21.6 Å². The third kappa shape index (κ3) is 5.47. The molecule has 1 heterocycles. The molecule has 0 radical (unpaired) electrons. The number of carboxylic acid groups (broad SMARTS) is 1. The number of rotatable bonds is 7. The first-order valence-electron chi connectivity index (χ1n) is 9.92. The molecule has 10 heteroatoms. The molecule has 2 aromatic carbocycles. The summed E-state index contributed by atoms with van der Waals surface area (Å²) in [5, 5.41) is 13.5. The van der Waals surface area contributed by atoms with Crippen LogP contribution in [0, 0.1) is 0 Å². The van der Waals surface area contributed by atoms with E-state index in [-0.39, 0.29) is 40.6 Å². The van der Waals surface area contributed by atoms with Gasteiger partial charge >= 0.3 is 18.0 Å². The lowest BCUT2D eigenvalue weighted by Gasteiger charge is -2.09. The fraction of sp³-hybridized carbons (Fsp3) is 0.174. The number of hydrogen-bond donors (Lipinski definition) is 3. The van der Waals surface area contributed by atoms with Gasteiger partial charge in [0.15, 0.2) is 0 Å². The second kappa shape index (κ2) is 10.4. The molecule has 0 atom stereocenters. The second-order valence-electron chi connectivity index (χ2n) is 6.73. The highest BCUT2D eigenvalue weighted by molar-refractivity contribution is 6.39. The van der Waals surface area contributed by atoms with Crippen molar-refractivity contribution in [3.05, 3.63) is 63.3 Å². The van der Waals surface area contributed by atoms with Crippen LogP contribution in [0.3, 0.4) is 0 Å². The van der Waals surface area contributed by atoms with Crippen molar-refractivity contribution in [2.24, 2.45) is 0 Å². The maximum atomic E-state index is 12.6. The lowest BCUT2D eigenvalue weighted by Crippen LogP contribution is -2.13. The van der Waals surface area contributed by atoms with Gasteiger partial charge in [-0.3, -0.25) is 5.32 Å².